The molecule has 0 spiro atoms. The van der Waals surface area contributed by atoms with E-state index in [-0.39, 0.29) is 11.8 Å². The zero-order valence-electron chi connectivity index (χ0n) is 12.5. The summed E-state index contributed by atoms with van der Waals surface area (Å²) in [7, 11) is 0. The fourth-order valence-electron chi connectivity index (χ4n) is 2.87. The van der Waals surface area contributed by atoms with Crippen LogP contribution in [0.3, 0.4) is 0 Å². The van der Waals surface area contributed by atoms with Crippen molar-refractivity contribution in [3.63, 3.8) is 0 Å². The Morgan fingerprint density at radius 1 is 1.50 bits per heavy atom. The number of nitrogens with two attached hydrogens (primary N) is 1. The normalized spacial score (nSPS) is 21.1. The number of nitrogen functional groups attached to an aromatic ring is 1. The van der Waals surface area contributed by atoms with Crippen molar-refractivity contribution in [3.05, 3.63) is 40.6 Å². The lowest BCUT2D eigenvalue weighted by molar-refractivity contribution is -0.146. The second kappa shape index (κ2) is 6.40. The predicted molar refractivity (Wildman–Crippen MR) is 85.5 cm³/mol. The third-order valence-corrected chi connectivity index (χ3v) is 4.14. The summed E-state index contributed by atoms with van der Waals surface area (Å²) in [6.45, 7) is 3.33. The summed E-state index contributed by atoms with van der Waals surface area (Å²) in [6.07, 6.45) is 2.88. The number of carbonyl (C=O) groups excluding carboxylic acids is 1. The number of likely N-dealkylation sites (tertiary alicyclic amines) is 1. The minimum absolute atomic E-state index is 0.0666. The Hall–Kier alpha value is -2.01. The van der Waals surface area contributed by atoms with Crippen LogP contribution in [0.4, 0.5) is 5.69 Å². The summed E-state index contributed by atoms with van der Waals surface area (Å²) >= 11 is 6.00. The molecule has 0 bridgehead atoms. The molecule has 22 heavy (non-hydrogen) atoms. The number of anilines is 1. The number of nitrogens with zero attached hydrogens (tertiary/aromatic N) is 1. The van der Waals surface area contributed by atoms with Crippen molar-refractivity contribution in [2.24, 2.45) is 0 Å². The van der Waals surface area contributed by atoms with Crippen LogP contribution in [-0.2, 0) is 9.59 Å². The molecule has 2 rings (SSSR count). The quantitative estimate of drug-likeness (QED) is 0.838. The summed E-state index contributed by atoms with van der Waals surface area (Å²) in [4.78, 5) is 24.4. The number of carbonyl (C=O) groups is 2. The Kier molecular flexibility index (Phi) is 4.76. The SMILES string of the molecule is CC(=O)N1/C(=C\C(C)c2cc(Cl)ccc2N)CC[C@H]1C(=O)O. The highest BCUT2D eigenvalue weighted by Crippen LogP contribution is 2.33. The molecule has 1 saturated heterocycles. The van der Waals surface area contributed by atoms with Crippen LogP contribution < -0.4 is 5.73 Å². The van der Waals surface area contributed by atoms with Crippen LogP contribution in [0.5, 0.6) is 0 Å². The van der Waals surface area contributed by atoms with Gasteiger partial charge in [-0.3, -0.25) is 4.79 Å². The van der Waals surface area contributed by atoms with Gasteiger partial charge in [-0.15, -0.1) is 0 Å². The van der Waals surface area contributed by atoms with Gasteiger partial charge in [0.25, 0.3) is 0 Å². The molecule has 2 atom stereocenters. The van der Waals surface area contributed by atoms with Gasteiger partial charge >= 0.3 is 5.97 Å². The molecule has 1 aliphatic rings. The van der Waals surface area contributed by atoms with E-state index in [0.717, 1.165) is 11.3 Å². The van der Waals surface area contributed by atoms with Crippen LogP contribution in [0.25, 0.3) is 0 Å². The van der Waals surface area contributed by atoms with Crippen molar-refractivity contribution in [3.8, 4) is 0 Å². The van der Waals surface area contributed by atoms with Gasteiger partial charge in [0.2, 0.25) is 5.91 Å². The van der Waals surface area contributed by atoms with Crippen LogP contribution in [-0.4, -0.2) is 27.9 Å². The average molecular weight is 323 g/mol. The van der Waals surface area contributed by atoms with Gasteiger partial charge in [0.15, 0.2) is 0 Å². The monoisotopic (exact) mass is 322 g/mol. The van der Waals surface area contributed by atoms with Crippen molar-refractivity contribution in [1.82, 2.24) is 4.90 Å². The first-order valence-corrected chi connectivity index (χ1v) is 7.47. The molecule has 0 radical (unpaired) electrons. The van der Waals surface area contributed by atoms with E-state index in [1.807, 2.05) is 13.0 Å². The predicted octanol–water partition coefficient (Wildman–Crippen LogP) is 3.01. The number of carboxylic acid groups (broad SMARTS) is 1. The summed E-state index contributed by atoms with van der Waals surface area (Å²) in [5, 5.41) is 9.81. The van der Waals surface area contributed by atoms with Crippen molar-refractivity contribution < 1.29 is 14.7 Å². The smallest absolute Gasteiger partial charge is 0.326 e. The van der Waals surface area contributed by atoms with Gasteiger partial charge in [0, 0.05) is 29.2 Å². The minimum Gasteiger partial charge on any atom is -0.480 e. The first-order valence-electron chi connectivity index (χ1n) is 7.09. The van der Waals surface area contributed by atoms with Crippen molar-refractivity contribution in [2.45, 2.75) is 38.6 Å². The first kappa shape index (κ1) is 16.4. The molecule has 3 N–H and O–H groups in total. The molecule has 0 saturated carbocycles. The van der Waals surface area contributed by atoms with Crippen LogP contribution in [0.15, 0.2) is 30.0 Å². The topological polar surface area (TPSA) is 83.6 Å². The van der Waals surface area contributed by atoms with Crippen molar-refractivity contribution >= 4 is 29.2 Å². The molecule has 1 aromatic carbocycles. The number of allylic oxidation sites excluding steroid dienone is 2. The molecule has 6 heteroatoms. The molecular formula is C16H19ClN2O3. The second-order valence-corrected chi connectivity index (χ2v) is 5.94. The van der Waals surface area contributed by atoms with E-state index >= 15 is 0 Å². The summed E-state index contributed by atoms with van der Waals surface area (Å²) in [5.74, 6) is -1.31. The van der Waals surface area contributed by atoms with Gasteiger partial charge in [0.1, 0.15) is 6.04 Å². The highest BCUT2D eigenvalue weighted by molar-refractivity contribution is 6.30. The Balaban J connectivity index is 2.33. The molecule has 118 valence electrons. The molecule has 1 amide bonds. The van der Waals surface area contributed by atoms with Crippen molar-refractivity contribution in [2.75, 3.05) is 5.73 Å². The average Bonchev–Trinajstić information content (AvgIpc) is 2.85. The number of amides is 1. The first-order chi connectivity index (χ1) is 10.3. The van der Waals surface area contributed by atoms with Crippen LogP contribution in [0, 0.1) is 0 Å². The van der Waals surface area contributed by atoms with E-state index in [9.17, 15) is 14.7 Å². The van der Waals surface area contributed by atoms with E-state index in [1.54, 1.807) is 18.2 Å². The minimum atomic E-state index is -0.978. The fraction of sp³-hybridized carbons (Fsp3) is 0.375. The van der Waals surface area contributed by atoms with E-state index in [4.69, 9.17) is 17.3 Å². The van der Waals surface area contributed by atoms with E-state index < -0.39 is 12.0 Å². The number of hydrogen-bond acceptors (Lipinski definition) is 3. The summed E-state index contributed by atoms with van der Waals surface area (Å²) in [5.41, 5.74) is 8.18. The molecular weight excluding hydrogens is 304 g/mol. The lowest BCUT2D eigenvalue weighted by Gasteiger charge is -2.22. The number of benzene rings is 1. The molecule has 1 aliphatic heterocycles. The molecule has 1 heterocycles. The number of carboxylic acids is 1. The van der Waals surface area contributed by atoms with Gasteiger partial charge in [0.05, 0.1) is 0 Å². The standard InChI is InChI=1S/C16H19ClN2O3/c1-9(13-8-11(17)3-5-14(13)18)7-12-4-6-15(16(21)22)19(12)10(2)20/h3,5,7-9,15H,4,6,18H2,1-2H3,(H,21,22)/b12-7-/t9?,15-/m0/s1. The summed E-state index contributed by atoms with van der Waals surface area (Å²) in [6, 6.07) is 4.47. The summed E-state index contributed by atoms with van der Waals surface area (Å²) < 4.78 is 0. The van der Waals surface area contributed by atoms with Crippen LogP contribution in [0.1, 0.15) is 38.2 Å². The van der Waals surface area contributed by atoms with Gasteiger partial charge < -0.3 is 15.7 Å². The van der Waals surface area contributed by atoms with Gasteiger partial charge in [-0.05, 0) is 36.6 Å². The third-order valence-electron chi connectivity index (χ3n) is 3.90. The Labute approximate surface area is 134 Å². The Morgan fingerprint density at radius 3 is 2.77 bits per heavy atom. The van der Waals surface area contributed by atoms with Gasteiger partial charge in [-0.1, -0.05) is 24.6 Å². The molecule has 1 unspecified atom stereocenters. The number of halogens is 1. The highest BCUT2D eigenvalue weighted by Gasteiger charge is 2.36. The maximum Gasteiger partial charge on any atom is 0.326 e. The highest BCUT2D eigenvalue weighted by atomic mass is 35.5. The zero-order valence-corrected chi connectivity index (χ0v) is 13.3. The van der Waals surface area contributed by atoms with E-state index in [2.05, 4.69) is 0 Å². The van der Waals surface area contributed by atoms with E-state index in [0.29, 0.717) is 23.6 Å². The van der Waals surface area contributed by atoms with E-state index in [1.165, 1.54) is 11.8 Å². The number of aliphatic carboxylic acids is 1. The van der Waals surface area contributed by atoms with Crippen LogP contribution in [0.2, 0.25) is 5.02 Å². The molecule has 0 aromatic heterocycles. The zero-order chi connectivity index (χ0) is 16.4. The molecule has 1 fully saturated rings. The molecule has 1 aromatic rings. The Bertz CT molecular complexity index is 642. The maximum absolute atomic E-state index is 11.8. The molecule has 0 aliphatic carbocycles. The lowest BCUT2D eigenvalue weighted by Crippen LogP contribution is -2.38. The second-order valence-electron chi connectivity index (χ2n) is 5.50. The van der Waals surface area contributed by atoms with Crippen LogP contribution >= 0.6 is 11.6 Å². The third kappa shape index (κ3) is 3.25. The van der Waals surface area contributed by atoms with Gasteiger partial charge in [-0.2, -0.15) is 0 Å². The fourth-order valence-corrected chi connectivity index (χ4v) is 3.05. The van der Waals surface area contributed by atoms with Gasteiger partial charge in [-0.25, -0.2) is 4.79 Å². The number of rotatable bonds is 3. The maximum atomic E-state index is 11.8. The molecule has 5 nitrogen and oxygen atoms in total. The lowest BCUT2D eigenvalue weighted by atomic mass is 9.98. The Morgan fingerprint density at radius 2 is 2.18 bits per heavy atom. The largest absolute Gasteiger partial charge is 0.480 e. The van der Waals surface area contributed by atoms with Crippen molar-refractivity contribution in [1.29, 1.82) is 0 Å². The number of hydrogen-bond donors (Lipinski definition) is 2.